The van der Waals surface area contributed by atoms with E-state index in [-0.39, 0.29) is 18.1 Å². The molecule has 1 saturated heterocycles. The van der Waals surface area contributed by atoms with Crippen molar-refractivity contribution in [2.75, 3.05) is 25.6 Å². The Labute approximate surface area is 246 Å². The normalized spacial score (nSPS) is 17.4. The Morgan fingerprint density at radius 3 is 2.26 bits per heavy atom. The lowest BCUT2D eigenvalue weighted by molar-refractivity contribution is -0.118. The number of amides is 2. The van der Waals surface area contributed by atoms with E-state index in [1.54, 1.807) is 0 Å². The molecule has 9 heteroatoms. The molecule has 0 bridgehead atoms. The Hall–Kier alpha value is -4.47. The number of nitrogens with zero attached hydrogens (tertiary/aromatic N) is 1. The fourth-order valence-corrected chi connectivity index (χ4v) is 5.37. The van der Waals surface area contributed by atoms with E-state index in [1.807, 2.05) is 98.0 Å². The highest BCUT2D eigenvalue weighted by Crippen LogP contribution is 2.30. The highest BCUT2D eigenvalue weighted by atomic mass is 16.5. The number of imidazole rings is 1. The predicted octanol–water partition coefficient (Wildman–Crippen LogP) is 4.88. The molecule has 3 aromatic carbocycles. The molecule has 3 unspecified atom stereocenters. The lowest BCUT2D eigenvalue weighted by Gasteiger charge is -2.30. The van der Waals surface area contributed by atoms with Crippen molar-refractivity contribution in [3.05, 3.63) is 119 Å². The lowest BCUT2D eigenvalue weighted by Crippen LogP contribution is -2.48. The minimum Gasteiger partial charge on any atom is -0.453 e. The molecule has 9 nitrogen and oxygen atoms in total. The number of carbonyl (C=O) groups is 2. The van der Waals surface area contributed by atoms with Crippen LogP contribution in [0.3, 0.4) is 0 Å². The summed E-state index contributed by atoms with van der Waals surface area (Å²) in [5.41, 5.74) is 4.52. The molecule has 4 N–H and O–H groups in total. The number of aromatic amines is 1. The van der Waals surface area contributed by atoms with Gasteiger partial charge in [0.1, 0.15) is 11.9 Å². The summed E-state index contributed by atoms with van der Waals surface area (Å²) in [7, 11) is 1.29. The van der Waals surface area contributed by atoms with Crippen LogP contribution in [0.2, 0.25) is 0 Å². The predicted molar refractivity (Wildman–Crippen MR) is 161 cm³/mol. The second kappa shape index (κ2) is 13.9. The van der Waals surface area contributed by atoms with E-state index in [0.29, 0.717) is 25.3 Å². The lowest BCUT2D eigenvalue weighted by atomic mass is 9.84. The maximum absolute atomic E-state index is 14.0. The number of hydrogen-bond acceptors (Lipinski definition) is 6. The van der Waals surface area contributed by atoms with Crippen molar-refractivity contribution in [3.8, 4) is 0 Å². The number of morpholine rings is 1. The van der Waals surface area contributed by atoms with Gasteiger partial charge in [-0.15, -0.1) is 0 Å². The first kappa shape index (κ1) is 29.0. The number of nitrogens with one attached hydrogen (secondary N) is 4. The van der Waals surface area contributed by atoms with Crippen LogP contribution in [0.15, 0.2) is 91.1 Å². The van der Waals surface area contributed by atoms with Crippen LogP contribution >= 0.6 is 0 Å². The molecule has 5 rings (SSSR count). The van der Waals surface area contributed by atoms with Gasteiger partial charge in [0.2, 0.25) is 5.91 Å². The van der Waals surface area contributed by atoms with E-state index in [4.69, 9.17) is 9.47 Å². The number of ether oxygens (including phenoxy) is 2. The zero-order chi connectivity index (χ0) is 29.3. The van der Waals surface area contributed by atoms with Gasteiger partial charge >= 0.3 is 6.09 Å². The average molecular weight is 568 g/mol. The first-order chi connectivity index (χ1) is 20.5. The number of benzene rings is 3. The third kappa shape index (κ3) is 7.23. The van der Waals surface area contributed by atoms with Crippen LogP contribution in [0.4, 0.5) is 10.5 Å². The van der Waals surface area contributed by atoms with Crippen molar-refractivity contribution >= 4 is 17.7 Å². The van der Waals surface area contributed by atoms with Gasteiger partial charge in [0.15, 0.2) is 0 Å². The van der Waals surface area contributed by atoms with Gasteiger partial charge < -0.3 is 30.4 Å². The van der Waals surface area contributed by atoms with Crippen molar-refractivity contribution in [2.45, 2.75) is 43.9 Å². The van der Waals surface area contributed by atoms with E-state index in [1.165, 1.54) is 7.11 Å². The number of carbonyl (C=O) groups excluding carboxylic acids is 2. The SMILES string of the molecule is COC(=O)NC(C(=O)Nc1ccccc1CCC1CNC(c2ncc(C)[nH]2)CO1)C(c1ccccc1)c1ccccc1. The molecule has 0 radical (unpaired) electrons. The summed E-state index contributed by atoms with van der Waals surface area (Å²) < 4.78 is 11.1. The molecule has 1 fully saturated rings. The molecule has 1 aliphatic rings. The van der Waals surface area contributed by atoms with Crippen molar-refractivity contribution in [2.24, 2.45) is 0 Å². The number of alkyl carbamates (subject to hydrolysis) is 1. The summed E-state index contributed by atoms with van der Waals surface area (Å²) in [6.45, 7) is 3.23. The van der Waals surface area contributed by atoms with Crippen LogP contribution in [0.5, 0.6) is 0 Å². The Kier molecular flexibility index (Phi) is 9.63. The van der Waals surface area contributed by atoms with Gasteiger partial charge in [-0.1, -0.05) is 78.9 Å². The van der Waals surface area contributed by atoms with Crippen molar-refractivity contribution in [1.82, 2.24) is 20.6 Å². The van der Waals surface area contributed by atoms with Gasteiger partial charge in [-0.3, -0.25) is 4.79 Å². The number of aryl methyl sites for hydroxylation is 2. The van der Waals surface area contributed by atoms with E-state index in [9.17, 15) is 9.59 Å². The minimum atomic E-state index is -0.927. The first-order valence-corrected chi connectivity index (χ1v) is 14.2. The number of hydrogen-bond donors (Lipinski definition) is 4. The molecule has 0 spiro atoms. The van der Waals surface area contributed by atoms with Crippen LogP contribution in [0.1, 0.15) is 46.6 Å². The summed E-state index contributed by atoms with van der Waals surface area (Å²) in [4.78, 5) is 34.1. The minimum absolute atomic E-state index is 0.0374. The fraction of sp³-hybridized carbons (Fsp3) is 0.303. The summed E-state index contributed by atoms with van der Waals surface area (Å²) in [6, 6.07) is 26.2. The molecule has 218 valence electrons. The van der Waals surface area contributed by atoms with Crippen LogP contribution < -0.4 is 16.0 Å². The Morgan fingerprint density at radius 1 is 1.00 bits per heavy atom. The number of methoxy groups -OCH3 is 1. The van der Waals surface area contributed by atoms with Gasteiger partial charge in [0, 0.05) is 30.0 Å². The second-order valence-electron chi connectivity index (χ2n) is 10.5. The second-order valence-corrected chi connectivity index (χ2v) is 10.5. The molecule has 0 aliphatic carbocycles. The highest BCUT2D eigenvalue weighted by molar-refractivity contribution is 5.98. The average Bonchev–Trinajstić information content (AvgIpc) is 3.47. The Morgan fingerprint density at radius 2 is 1.67 bits per heavy atom. The molecule has 1 aromatic heterocycles. The largest absolute Gasteiger partial charge is 0.453 e. The molecule has 4 aromatic rings. The molecule has 0 saturated carbocycles. The summed E-state index contributed by atoms with van der Waals surface area (Å²) >= 11 is 0. The maximum atomic E-state index is 14.0. The quantitative estimate of drug-likeness (QED) is 0.217. The van der Waals surface area contributed by atoms with Gasteiger partial charge in [-0.2, -0.15) is 0 Å². The van der Waals surface area contributed by atoms with Crippen LogP contribution in [-0.4, -0.2) is 54.4 Å². The van der Waals surface area contributed by atoms with E-state index < -0.39 is 18.1 Å². The van der Waals surface area contributed by atoms with Crippen molar-refractivity contribution in [3.63, 3.8) is 0 Å². The van der Waals surface area contributed by atoms with E-state index in [0.717, 1.165) is 34.6 Å². The summed E-state index contributed by atoms with van der Waals surface area (Å²) in [5.74, 6) is 0.113. The number of para-hydroxylation sites is 1. The molecule has 2 amide bonds. The highest BCUT2D eigenvalue weighted by Gasteiger charge is 2.33. The van der Waals surface area contributed by atoms with Gasteiger partial charge in [-0.25, -0.2) is 9.78 Å². The molecule has 42 heavy (non-hydrogen) atoms. The summed E-state index contributed by atoms with van der Waals surface area (Å²) in [5, 5.41) is 9.42. The van der Waals surface area contributed by atoms with Crippen LogP contribution in [0, 0.1) is 6.92 Å². The molecular weight excluding hydrogens is 530 g/mol. The Balaban J connectivity index is 1.30. The van der Waals surface area contributed by atoms with Crippen molar-refractivity contribution < 1.29 is 19.1 Å². The maximum Gasteiger partial charge on any atom is 0.407 e. The molecular formula is C33H37N5O4. The van der Waals surface area contributed by atoms with Gasteiger partial charge in [0.25, 0.3) is 0 Å². The third-order valence-corrected chi connectivity index (χ3v) is 7.55. The fourth-order valence-electron chi connectivity index (χ4n) is 5.37. The monoisotopic (exact) mass is 567 g/mol. The third-order valence-electron chi connectivity index (χ3n) is 7.55. The number of H-pyrrole nitrogens is 1. The first-order valence-electron chi connectivity index (χ1n) is 14.2. The number of aromatic nitrogens is 2. The molecule has 1 aliphatic heterocycles. The van der Waals surface area contributed by atoms with Crippen molar-refractivity contribution in [1.29, 1.82) is 0 Å². The molecule has 2 heterocycles. The standard InChI is InChI=1S/C33H37N5O4/c1-22-19-35-31(36-22)28-21-42-26(20-34-28)18-17-23-11-9-10-16-27(23)37-32(39)30(38-33(40)41-2)29(24-12-5-3-6-13-24)25-14-7-4-8-15-25/h3-16,19,26,28-30,34H,17-18,20-21H2,1-2H3,(H,35,36)(H,37,39)(H,38,40). The topological polar surface area (TPSA) is 117 Å². The van der Waals surface area contributed by atoms with Gasteiger partial charge in [0.05, 0.1) is 25.9 Å². The van der Waals surface area contributed by atoms with E-state index >= 15 is 0 Å². The zero-order valence-corrected chi connectivity index (χ0v) is 23.9. The van der Waals surface area contributed by atoms with Gasteiger partial charge in [-0.05, 0) is 42.5 Å². The molecule has 3 atom stereocenters. The van der Waals surface area contributed by atoms with Crippen LogP contribution in [-0.2, 0) is 20.7 Å². The van der Waals surface area contributed by atoms with Crippen LogP contribution in [0.25, 0.3) is 0 Å². The number of rotatable bonds is 10. The smallest absolute Gasteiger partial charge is 0.407 e. The zero-order valence-electron chi connectivity index (χ0n) is 23.9. The summed E-state index contributed by atoms with van der Waals surface area (Å²) in [6.07, 6.45) is 2.68. The Bertz CT molecular complexity index is 1410. The number of anilines is 1. The van der Waals surface area contributed by atoms with E-state index in [2.05, 4.69) is 25.9 Å².